The van der Waals surface area contributed by atoms with Gasteiger partial charge in [0.15, 0.2) is 0 Å². The minimum atomic E-state index is -2.97. The zero-order chi connectivity index (χ0) is 24.8. The van der Waals surface area contributed by atoms with Gasteiger partial charge in [-0.2, -0.15) is 0 Å². The third kappa shape index (κ3) is 5.38. The monoisotopic (exact) mass is 736 g/mol. The average molecular weight is 736 g/mol. The summed E-state index contributed by atoms with van der Waals surface area (Å²) in [6.07, 6.45) is 5.95. The largest absolute Gasteiger partial charge is 1.00 e. The maximum atomic E-state index is 14.1. The summed E-state index contributed by atoms with van der Waals surface area (Å²) in [7, 11) is 0. The van der Waals surface area contributed by atoms with E-state index in [1.165, 1.54) is 55.2 Å². The number of benzene rings is 4. The molecule has 1 amide bonds. The second kappa shape index (κ2) is 12.3. The minimum absolute atomic E-state index is 0. The molecule has 0 heterocycles. The molecule has 0 saturated heterocycles. The van der Waals surface area contributed by atoms with Crippen LogP contribution in [0.2, 0.25) is 0 Å². The van der Waals surface area contributed by atoms with Crippen LogP contribution >= 0.6 is 0 Å². The molecule has 1 N–H and O–H groups in total. The number of nitrogens with one attached hydrogen (secondary N) is 1. The van der Waals surface area contributed by atoms with Crippen molar-refractivity contribution in [1.82, 2.24) is 3.30 Å². The van der Waals surface area contributed by atoms with E-state index in [2.05, 4.69) is 106 Å². The van der Waals surface area contributed by atoms with E-state index in [1.54, 1.807) is 0 Å². The number of carbonyl (C=O) groups excluding carboxylic acids is 1. The normalized spacial score (nSPS) is 20.0. The van der Waals surface area contributed by atoms with Crippen LogP contribution in [0.15, 0.2) is 103 Å². The fourth-order valence-corrected chi connectivity index (χ4v) is 34.7. The molecule has 4 aromatic carbocycles. The third-order valence-corrected chi connectivity index (χ3v) is 34.5. The second-order valence-corrected chi connectivity index (χ2v) is 30.1. The Balaban J connectivity index is 0.00000154. The van der Waals surface area contributed by atoms with Gasteiger partial charge in [-0.25, -0.2) is 0 Å². The number of fused-ring (bicyclic) bond motifs is 5. The molecule has 197 valence electrons. The van der Waals surface area contributed by atoms with Gasteiger partial charge in [0.25, 0.3) is 0 Å². The van der Waals surface area contributed by atoms with Crippen molar-refractivity contribution in [3.05, 3.63) is 114 Å². The second-order valence-electron chi connectivity index (χ2n) is 11.1. The van der Waals surface area contributed by atoms with Crippen molar-refractivity contribution in [1.29, 1.82) is 0 Å². The predicted octanol–water partition coefficient (Wildman–Crippen LogP) is -1.49. The van der Waals surface area contributed by atoms with Gasteiger partial charge in [0, 0.05) is 0 Å². The Morgan fingerprint density at radius 3 is 2.00 bits per heavy atom. The first-order valence-corrected chi connectivity index (χ1v) is 25.3. The van der Waals surface area contributed by atoms with Crippen LogP contribution in [-0.4, -0.2) is 11.9 Å². The fourth-order valence-electron chi connectivity index (χ4n) is 7.31. The number of amides is 1. The van der Waals surface area contributed by atoms with Crippen molar-refractivity contribution >= 4 is 25.6 Å². The van der Waals surface area contributed by atoms with Crippen LogP contribution in [0.5, 0.6) is 0 Å². The van der Waals surface area contributed by atoms with Crippen LogP contribution < -0.4 is 41.8 Å². The van der Waals surface area contributed by atoms with Crippen molar-refractivity contribution < 1.29 is 50.5 Å². The summed E-state index contributed by atoms with van der Waals surface area (Å²) in [5.41, 5.74) is 5.68. The van der Waals surface area contributed by atoms with E-state index in [1.807, 2.05) is 0 Å². The van der Waals surface area contributed by atoms with Crippen molar-refractivity contribution in [2.45, 2.75) is 32.1 Å². The SMILES string of the molecule is O=C([NH][Hf+2]([c]1cccc2c1Cc1ccccc1-2)[SiH](c1ccccc1)c1ccccc1)C1CC2CCC1C2.[Cl-].[Cl-]. The standard InChI is InChI=1S/C13H9.C12H11Si.C8H13NO.2ClH.Hf/c1-3-7-12-10(5-1)9-11-6-2-4-8-13(11)12;1-3-7-11(8-4-1)13-12-9-5-2-6-10-12;9-8(10)7-4-5-1-2-6(7)3-5;;;/h1-5,7-8H,9H2;1-10,13H;5-7H,1-4H2,(H2,9,10);2*1H;/q;;;;;+3/p-3. The molecule has 0 aromatic heterocycles. The van der Waals surface area contributed by atoms with E-state index < -0.39 is 26.9 Å². The van der Waals surface area contributed by atoms with Crippen LogP contribution in [-0.2, 0) is 32.1 Å². The molecule has 0 aliphatic heterocycles. The summed E-state index contributed by atoms with van der Waals surface area (Å²) in [5, 5.41) is 2.94. The van der Waals surface area contributed by atoms with Crippen LogP contribution in [0.1, 0.15) is 36.8 Å². The number of carbonyl (C=O) groups is 1. The Hall–Kier alpha value is -1.98. The van der Waals surface area contributed by atoms with Crippen molar-refractivity contribution in [3.63, 3.8) is 0 Å². The van der Waals surface area contributed by atoms with Gasteiger partial charge in [-0.15, -0.1) is 0 Å². The molecule has 3 unspecified atom stereocenters. The van der Waals surface area contributed by atoms with E-state index in [-0.39, 0.29) is 30.7 Å². The maximum Gasteiger partial charge on any atom is -1.00 e. The van der Waals surface area contributed by atoms with Crippen LogP contribution in [0.4, 0.5) is 0 Å². The van der Waals surface area contributed by atoms with Gasteiger partial charge in [0.1, 0.15) is 0 Å². The molecule has 3 aliphatic rings. The smallest absolute Gasteiger partial charge is 1.00 e. The van der Waals surface area contributed by atoms with E-state index >= 15 is 0 Å². The summed E-state index contributed by atoms with van der Waals surface area (Å²) in [4.78, 5) is 14.1. The van der Waals surface area contributed by atoms with Gasteiger partial charge in [-0.05, 0) is 0 Å². The van der Waals surface area contributed by atoms with Crippen molar-refractivity contribution in [2.75, 3.05) is 0 Å². The van der Waals surface area contributed by atoms with E-state index in [9.17, 15) is 4.79 Å². The first kappa shape index (κ1) is 28.5. The zero-order valence-electron chi connectivity index (χ0n) is 21.8. The molecule has 2 nitrogen and oxygen atoms in total. The number of hydrogen-bond donors (Lipinski definition) is 1. The maximum absolute atomic E-state index is 14.1. The molecule has 0 spiro atoms. The molecule has 7 rings (SSSR count). The molecule has 3 atom stereocenters. The van der Waals surface area contributed by atoms with E-state index in [4.69, 9.17) is 0 Å². The number of hydrogen-bond acceptors (Lipinski definition) is 1. The molecular weight excluding hydrogens is 704 g/mol. The topological polar surface area (TPSA) is 29.1 Å². The number of rotatable bonds is 6. The predicted molar refractivity (Wildman–Crippen MR) is 151 cm³/mol. The summed E-state index contributed by atoms with van der Waals surface area (Å²) in [6.45, 7) is 0. The fraction of sp³-hybridized carbons (Fsp3) is 0.242. The van der Waals surface area contributed by atoms with Crippen LogP contribution in [0.25, 0.3) is 11.1 Å². The zero-order valence-corrected chi connectivity index (χ0v) is 28.1. The third-order valence-electron chi connectivity index (χ3n) is 9.03. The Labute approximate surface area is 253 Å². The van der Waals surface area contributed by atoms with Crippen LogP contribution in [0, 0.1) is 17.8 Å². The molecule has 2 bridgehead atoms. The Bertz CT molecular complexity index is 1410. The van der Waals surface area contributed by atoms with E-state index in [0.717, 1.165) is 18.8 Å². The van der Waals surface area contributed by atoms with Gasteiger partial charge >= 0.3 is 230 Å². The first-order valence-electron chi connectivity index (χ1n) is 13.7. The Morgan fingerprint density at radius 1 is 0.718 bits per heavy atom. The van der Waals surface area contributed by atoms with Gasteiger partial charge in [0.05, 0.1) is 0 Å². The quantitative estimate of drug-likeness (QED) is 0.212. The average Bonchev–Trinajstić information content (AvgIpc) is 3.68. The minimum Gasteiger partial charge on any atom is -1.00 e. The first-order chi connectivity index (χ1) is 18.3. The molecule has 2 fully saturated rings. The Morgan fingerprint density at radius 2 is 1.36 bits per heavy atom. The van der Waals surface area contributed by atoms with E-state index in [0.29, 0.717) is 11.8 Å². The summed E-state index contributed by atoms with van der Waals surface area (Å²) in [5.74, 6) is 0.339. The van der Waals surface area contributed by atoms with Crippen LogP contribution in [0.3, 0.4) is 0 Å². The number of halogens is 2. The molecule has 2 saturated carbocycles. The molecule has 4 aromatic rings. The van der Waals surface area contributed by atoms with Gasteiger partial charge in [-0.3, -0.25) is 0 Å². The molecule has 6 heteroatoms. The molecule has 0 radical (unpaired) electrons. The van der Waals surface area contributed by atoms with Gasteiger partial charge < -0.3 is 24.8 Å². The summed E-state index contributed by atoms with van der Waals surface area (Å²) in [6, 6.07) is 38.1. The Kier molecular flexibility index (Phi) is 8.97. The summed E-state index contributed by atoms with van der Waals surface area (Å²) < 4.78 is 5.48. The molecule has 39 heavy (non-hydrogen) atoms. The molecule has 3 aliphatic carbocycles. The molecular formula is C33H32Cl2HfNOSi. The summed E-state index contributed by atoms with van der Waals surface area (Å²) >= 11 is -2.97. The van der Waals surface area contributed by atoms with Gasteiger partial charge in [-0.1, -0.05) is 0 Å². The van der Waals surface area contributed by atoms with Crippen molar-refractivity contribution in [3.8, 4) is 11.1 Å². The van der Waals surface area contributed by atoms with Crippen molar-refractivity contribution in [2.24, 2.45) is 17.8 Å². The van der Waals surface area contributed by atoms with Gasteiger partial charge in [0.2, 0.25) is 0 Å².